The van der Waals surface area contributed by atoms with Crippen LogP contribution in [-0.4, -0.2) is 38.1 Å². The van der Waals surface area contributed by atoms with Crippen LogP contribution in [0.2, 0.25) is 0 Å². The third kappa shape index (κ3) is 5.29. The van der Waals surface area contributed by atoms with Crippen LogP contribution in [0.15, 0.2) is 23.1 Å². The zero-order valence-electron chi connectivity index (χ0n) is 12.9. The summed E-state index contributed by atoms with van der Waals surface area (Å²) in [7, 11) is -2.99. The summed E-state index contributed by atoms with van der Waals surface area (Å²) in [5.41, 5.74) is -1.41. The van der Waals surface area contributed by atoms with E-state index in [1.165, 1.54) is 13.8 Å². The molecule has 0 bridgehead atoms. The van der Waals surface area contributed by atoms with Gasteiger partial charge in [-0.2, -0.15) is 0 Å². The fraction of sp³-hybridized carbons (Fsp3) is 0.429. The third-order valence-electron chi connectivity index (χ3n) is 3.03. The molecule has 0 atom stereocenters. The number of esters is 1. The number of carbonyl (C=O) groups is 2. The van der Waals surface area contributed by atoms with E-state index in [4.69, 9.17) is 5.11 Å². The predicted octanol–water partition coefficient (Wildman–Crippen LogP) is 1.53. The highest BCUT2D eigenvalue weighted by molar-refractivity contribution is 7.89. The maximum absolute atomic E-state index is 13.8. The Morgan fingerprint density at radius 3 is 2.43 bits per heavy atom. The zero-order valence-corrected chi connectivity index (χ0v) is 13.7. The highest BCUT2D eigenvalue weighted by Crippen LogP contribution is 2.20. The van der Waals surface area contributed by atoms with Crippen molar-refractivity contribution in [1.29, 1.82) is 0 Å². The molecule has 2 N–H and O–H groups in total. The molecule has 0 aromatic heterocycles. The lowest BCUT2D eigenvalue weighted by Gasteiger charge is -2.25. The Morgan fingerprint density at radius 2 is 1.96 bits per heavy atom. The van der Waals surface area contributed by atoms with E-state index >= 15 is 0 Å². The van der Waals surface area contributed by atoms with Gasteiger partial charge in [0, 0.05) is 12.0 Å². The SMILES string of the molecule is COC(=O)c1ccc(S(=O)(=O)NC(C)(C)CCC(=O)O)cc1F. The van der Waals surface area contributed by atoms with Gasteiger partial charge in [-0.15, -0.1) is 0 Å². The van der Waals surface area contributed by atoms with Crippen LogP contribution >= 0.6 is 0 Å². The molecule has 0 aliphatic heterocycles. The van der Waals surface area contributed by atoms with Crippen LogP contribution in [0.3, 0.4) is 0 Å². The lowest BCUT2D eigenvalue weighted by molar-refractivity contribution is -0.137. The number of carboxylic acid groups (broad SMARTS) is 1. The molecule has 1 aromatic rings. The highest BCUT2D eigenvalue weighted by Gasteiger charge is 2.28. The van der Waals surface area contributed by atoms with Gasteiger partial charge in [-0.25, -0.2) is 22.3 Å². The third-order valence-corrected chi connectivity index (χ3v) is 4.73. The fourth-order valence-electron chi connectivity index (χ4n) is 1.83. The van der Waals surface area contributed by atoms with Crippen LogP contribution < -0.4 is 4.72 Å². The standard InChI is InChI=1S/C14H18FNO6S/c1-14(2,7-6-12(17)18)16-23(20,21)9-4-5-10(11(15)8-9)13(19)22-3/h4-5,8,16H,6-7H2,1-3H3,(H,17,18). The number of rotatable bonds is 7. The average Bonchev–Trinajstić information content (AvgIpc) is 2.43. The number of ether oxygens (including phenoxy) is 1. The molecule has 0 saturated carbocycles. The van der Waals surface area contributed by atoms with Crippen molar-refractivity contribution < 1.29 is 32.2 Å². The van der Waals surface area contributed by atoms with Crippen LogP contribution in [0, 0.1) is 5.82 Å². The molecular formula is C14H18FNO6S. The van der Waals surface area contributed by atoms with E-state index in [0.29, 0.717) is 6.07 Å². The van der Waals surface area contributed by atoms with Gasteiger partial charge in [0.05, 0.1) is 17.6 Å². The number of carboxylic acids is 1. The van der Waals surface area contributed by atoms with Crippen molar-refractivity contribution in [3.63, 3.8) is 0 Å². The van der Waals surface area contributed by atoms with Crippen LogP contribution in [0.4, 0.5) is 4.39 Å². The van der Waals surface area contributed by atoms with Crippen molar-refractivity contribution >= 4 is 22.0 Å². The Morgan fingerprint density at radius 1 is 1.35 bits per heavy atom. The Bertz CT molecular complexity index is 714. The summed E-state index contributed by atoms with van der Waals surface area (Å²) < 4.78 is 45.0. The molecule has 9 heteroatoms. The van der Waals surface area contributed by atoms with E-state index in [1.807, 2.05) is 0 Å². The fourth-order valence-corrected chi connectivity index (χ4v) is 3.28. The summed E-state index contributed by atoms with van der Waals surface area (Å²) in [4.78, 5) is 21.5. The lowest BCUT2D eigenvalue weighted by Crippen LogP contribution is -2.43. The van der Waals surface area contributed by atoms with Crippen molar-refractivity contribution in [2.24, 2.45) is 0 Å². The number of aliphatic carboxylic acids is 1. The van der Waals surface area contributed by atoms with Gasteiger partial charge in [0.25, 0.3) is 0 Å². The van der Waals surface area contributed by atoms with Crippen molar-refractivity contribution in [2.45, 2.75) is 37.1 Å². The van der Waals surface area contributed by atoms with Gasteiger partial charge in [0.1, 0.15) is 5.82 Å². The quantitative estimate of drug-likeness (QED) is 0.724. The molecule has 0 spiro atoms. The molecule has 0 fully saturated rings. The van der Waals surface area contributed by atoms with E-state index in [9.17, 15) is 22.4 Å². The molecule has 0 unspecified atom stereocenters. The minimum atomic E-state index is -4.07. The second-order valence-corrected chi connectivity index (χ2v) is 7.20. The molecule has 0 radical (unpaired) electrons. The molecule has 1 rings (SSSR count). The Labute approximate surface area is 133 Å². The van der Waals surface area contributed by atoms with Crippen molar-refractivity contribution in [3.8, 4) is 0 Å². The first-order valence-corrected chi connectivity index (χ1v) is 8.10. The summed E-state index contributed by atoms with van der Waals surface area (Å²) in [6.07, 6.45) is -0.157. The van der Waals surface area contributed by atoms with Gasteiger partial charge < -0.3 is 9.84 Å². The Kier molecular flexibility index (Phi) is 5.84. The monoisotopic (exact) mass is 347 g/mol. The highest BCUT2D eigenvalue weighted by atomic mass is 32.2. The number of benzene rings is 1. The summed E-state index contributed by atoms with van der Waals surface area (Å²) >= 11 is 0. The van der Waals surface area contributed by atoms with E-state index in [0.717, 1.165) is 19.2 Å². The zero-order chi connectivity index (χ0) is 17.8. The summed E-state index contributed by atoms with van der Waals surface area (Å²) in [5.74, 6) is -2.99. The van der Waals surface area contributed by atoms with Crippen molar-refractivity contribution in [1.82, 2.24) is 4.72 Å². The van der Waals surface area contributed by atoms with Gasteiger partial charge in [0.15, 0.2) is 0 Å². The Balaban J connectivity index is 3.03. The molecule has 7 nitrogen and oxygen atoms in total. The molecule has 0 aliphatic rings. The Hall–Kier alpha value is -2.00. The van der Waals surface area contributed by atoms with Crippen LogP contribution in [-0.2, 0) is 19.6 Å². The second kappa shape index (κ2) is 7.05. The predicted molar refractivity (Wildman–Crippen MR) is 79.0 cm³/mol. The number of methoxy groups -OCH3 is 1. The lowest BCUT2D eigenvalue weighted by atomic mass is 10.0. The molecule has 23 heavy (non-hydrogen) atoms. The van der Waals surface area contributed by atoms with Gasteiger partial charge >= 0.3 is 11.9 Å². The van der Waals surface area contributed by atoms with E-state index in [-0.39, 0.29) is 23.3 Å². The first-order valence-electron chi connectivity index (χ1n) is 6.62. The average molecular weight is 347 g/mol. The minimum absolute atomic E-state index is 0.0598. The molecule has 0 aliphatic carbocycles. The van der Waals surface area contributed by atoms with Gasteiger partial charge in [0.2, 0.25) is 10.0 Å². The van der Waals surface area contributed by atoms with Crippen LogP contribution in [0.1, 0.15) is 37.0 Å². The van der Waals surface area contributed by atoms with E-state index in [1.54, 1.807) is 0 Å². The van der Waals surface area contributed by atoms with E-state index < -0.39 is 33.3 Å². The van der Waals surface area contributed by atoms with E-state index in [2.05, 4.69) is 9.46 Å². The molecule has 0 heterocycles. The maximum atomic E-state index is 13.8. The smallest absolute Gasteiger partial charge is 0.340 e. The number of carbonyl (C=O) groups excluding carboxylic acids is 1. The van der Waals surface area contributed by atoms with Crippen molar-refractivity contribution in [2.75, 3.05) is 7.11 Å². The van der Waals surface area contributed by atoms with Gasteiger partial charge in [-0.05, 0) is 38.5 Å². The number of nitrogens with one attached hydrogen (secondary N) is 1. The second-order valence-electron chi connectivity index (χ2n) is 5.52. The molecule has 128 valence electrons. The number of hydrogen-bond donors (Lipinski definition) is 2. The summed E-state index contributed by atoms with van der Waals surface area (Å²) in [6.45, 7) is 3.04. The first kappa shape index (κ1) is 19.0. The number of sulfonamides is 1. The largest absolute Gasteiger partial charge is 0.481 e. The molecular weight excluding hydrogens is 329 g/mol. The summed E-state index contributed by atoms with van der Waals surface area (Å²) in [6, 6.07) is 2.80. The van der Waals surface area contributed by atoms with Gasteiger partial charge in [-0.3, -0.25) is 4.79 Å². The molecule has 1 aromatic carbocycles. The van der Waals surface area contributed by atoms with Gasteiger partial charge in [-0.1, -0.05) is 0 Å². The van der Waals surface area contributed by atoms with Crippen molar-refractivity contribution in [3.05, 3.63) is 29.6 Å². The first-order chi connectivity index (χ1) is 10.5. The maximum Gasteiger partial charge on any atom is 0.340 e. The summed E-state index contributed by atoms with van der Waals surface area (Å²) in [5, 5.41) is 8.66. The number of hydrogen-bond acceptors (Lipinski definition) is 5. The topological polar surface area (TPSA) is 110 Å². The van der Waals surface area contributed by atoms with Crippen LogP contribution in [0.25, 0.3) is 0 Å². The normalized spacial score (nSPS) is 12.0. The molecule has 0 amide bonds. The minimum Gasteiger partial charge on any atom is -0.481 e. The van der Waals surface area contributed by atoms with Crippen LogP contribution in [0.5, 0.6) is 0 Å². The number of halogens is 1. The molecule has 0 saturated heterocycles.